The summed E-state index contributed by atoms with van der Waals surface area (Å²) in [6.45, 7) is 8.79. The number of aromatic nitrogens is 2. The number of hydrogen-bond donors (Lipinski definition) is 2. The van der Waals surface area contributed by atoms with E-state index in [2.05, 4.69) is 62.4 Å². The Bertz CT molecular complexity index is 1020. The number of benzene rings is 2. The Morgan fingerprint density at radius 3 is 2.55 bits per heavy atom. The number of nitrogens with zero attached hydrogens (tertiary/aromatic N) is 3. The Morgan fingerprint density at radius 2 is 1.82 bits per heavy atom. The van der Waals surface area contributed by atoms with E-state index in [1.807, 2.05) is 44.4 Å². The maximum atomic E-state index is 5.76. The highest BCUT2D eigenvalue weighted by Gasteiger charge is 2.13. The van der Waals surface area contributed by atoms with Crippen LogP contribution in [-0.2, 0) is 13.0 Å². The van der Waals surface area contributed by atoms with Crippen LogP contribution >= 0.6 is 0 Å². The second kappa shape index (κ2) is 12.5. The predicted molar refractivity (Wildman–Crippen MR) is 133 cm³/mol. The van der Waals surface area contributed by atoms with E-state index in [0.717, 1.165) is 48.4 Å². The molecule has 0 radical (unpaired) electrons. The van der Waals surface area contributed by atoms with Gasteiger partial charge in [0.25, 0.3) is 0 Å². The van der Waals surface area contributed by atoms with Crippen LogP contribution in [0.1, 0.15) is 43.8 Å². The molecule has 7 nitrogen and oxygen atoms in total. The molecule has 1 atom stereocenters. The van der Waals surface area contributed by atoms with Gasteiger partial charge in [-0.3, -0.25) is 4.99 Å². The number of hydrogen-bond acceptors (Lipinski definition) is 4. The first-order chi connectivity index (χ1) is 16.1. The molecule has 7 heteroatoms. The molecule has 0 aliphatic heterocycles. The van der Waals surface area contributed by atoms with Gasteiger partial charge in [-0.25, -0.2) is 4.98 Å². The van der Waals surface area contributed by atoms with Crippen molar-refractivity contribution in [2.24, 2.45) is 4.99 Å². The molecule has 0 aliphatic rings. The minimum absolute atomic E-state index is 0.0474. The molecule has 3 aromatic rings. The van der Waals surface area contributed by atoms with Gasteiger partial charge < -0.3 is 24.7 Å². The van der Waals surface area contributed by atoms with Crippen LogP contribution < -0.4 is 20.1 Å². The molecule has 2 N–H and O–H groups in total. The van der Waals surface area contributed by atoms with Crippen molar-refractivity contribution < 1.29 is 9.47 Å². The Balaban J connectivity index is 1.55. The quantitative estimate of drug-likeness (QED) is 0.339. The first kappa shape index (κ1) is 24.2. The third-order valence-electron chi connectivity index (χ3n) is 5.28. The summed E-state index contributed by atoms with van der Waals surface area (Å²) in [5.41, 5.74) is 2.36. The SMILES string of the molecule is CCOc1ccc(C(C)NC(=NC)NCCc2nccn2Cc2ccccc2)cc1OCC. The zero-order chi connectivity index (χ0) is 23.5. The van der Waals surface area contributed by atoms with Crippen molar-refractivity contribution in [1.29, 1.82) is 0 Å². The summed E-state index contributed by atoms with van der Waals surface area (Å²) in [5, 5.41) is 6.85. The van der Waals surface area contributed by atoms with Crippen molar-refractivity contribution in [3.63, 3.8) is 0 Å². The van der Waals surface area contributed by atoms with Gasteiger partial charge in [0.2, 0.25) is 0 Å². The highest BCUT2D eigenvalue weighted by atomic mass is 16.5. The van der Waals surface area contributed by atoms with Crippen LogP contribution in [0.4, 0.5) is 0 Å². The lowest BCUT2D eigenvalue weighted by Crippen LogP contribution is -2.39. The lowest BCUT2D eigenvalue weighted by atomic mass is 10.1. The molecule has 33 heavy (non-hydrogen) atoms. The molecule has 3 rings (SSSR count). The van der Waals surface area contributed by atoms with E-state index < -0.39 is 0 Å². The maximum absolute atomic E-state index is 5.76. The molecular formula is C26H35N5O2. The Labute approximate surface area is 196 Å². The van der Waals surface area contributed by atoms with Crippen LogP contribution in [0.3, 0.4) is 0 Å². The van der Waals surface area contributed by atoms with E-state index >= 15 is 0 Å². The molecule has 0 spiro atoms. The number of ether oxygens (including phenoxy) is 2. The summed E-state index contributed by atoms with van der Waals surface area (Å²) in [4.78, 5) is 8.91. The number of guanidine groups is 1. The molecule has 0 saturated carbocycles. The van der Waals surface area contributed by atoms with Crippen molar-refractivity contribution in [3.05, 3.63) is 77.9 Å². The number of imidazole rings is 1. The molecule has 0 bridgehead atoms. The summed E-state index contributed by atoms with van der Waals surface area (Å²) in [5.74, 6) is 3.32. The van der Waals surface area contributed by atoms with E-state index in [9.17, 15) is 0 Å². The van der Waals surface area contributed by atoms with Gasteiger partial charge >= 0.3 is 0 Å². The van der Waals surface area contributed by atoms with Crippen LogP contribution in [0.5, 0.6) is 11.5 Å². The first-order valence-electron chi connectivity index (χ1n) is 11.5. The summed E-state index contributed by atoms with van der Waals surface area (Å²) in [6, 6.07) is 16.5. The number of rotatable bonds is 11. The smallest absolute Gasteiger partial charge is 0.191 e. The minimum Gasteiger partial charge on any atom is -0.490 e. The highest BCUT2D eigenvalue weighted by Crippen LogP contribution is 2.30. The Hall–Kier alpha value is -3.48. The average Bonchev–Trinajstić information content (AvgIpc) is 3.27. The van der Waals surface area contributed by atoms with Crippen LogP contribution in [0.2, 0.25) is 0 Å². The van der Waals surface area contributed by atoms with Crippen molar-refractivity contribution in [1.82, 2.24) is 20.2 Å². The Kier molecular flexibility index (Phi) is 9.18. The summed E-state index contributed by atoms with van der Waals surface area (Å²) >= 11 is 0. The molecule has 0 fully saturated rings. The topological polar surface area (TPSA) is 72.7 Å². The lowest BCUT2D eigenvalue weighted by molar-refractivity contribution is 0.287. The van der Waals surface area contributed by atoms with Gasteiger partial charge in [0.1, 0.15) is 5.82 Å². The van der Waals surface area contributed by atoms with Crippen LogP contribution in [0.25, 0.3) is 0 Å². The van der Waals surface area contributed by atoms with Crippen molar-refractivity contribution in [2.75, 3.05) is 26.8 Å². The standard InChI is InChI=1S/C26H35N5O2/c1-5-32-23-13-12-22(18-24(23)33-6-2)20(3)30-26(27-4)29-15-14-25-28-16-17-31(25)19-21-10-8-7-9-11-21/h7-13,16-18,20H,5-6,14-15,19H2,1-4H3,(H2,27,29,30). The number of aliphatic imine (C=N–C) groups is 1. The molecule has 0 amide bonds. The fourth-order valence-corrected chi connectivity index (χ4v) is 3.61. The molecule has 176 valence electrons. The molecule has 0 aliphatic carbocycles. The average molecular weight is 450 g/mol. The van der Waals surface area contributed by atoms with Crippen LogP contribution in [0.15, 0.2) is 65.9 Å². The third-order valence-corrected chi connectivity index (χ3v) is 5.28. The van der Waals surface area contributed by atoms with Crippen LogP contribution in [-0.4, -0.2) is 42.3 Å². The zero-order valence-electron chi connectivity index (χ0n) is 20.0. The Morgan fingerprint density at radius 1 is 1.06 bits per heavy atom. The van der Waals surface area contributed by atoms with Gasteiger partial charge in [0.15, 0.2) is 17.5 Å². The predicted octanol–water partition coefficient (Wildman–Crippen LogP) is 4.20. The fraction of sp³-hybridized carbons (Fsp3) is 0.385. The van der Waals surface area contributed by atoms with Gasteiger partial charge in [-0.15, -0.1) is 0 Å². The summed E-state index contributed by atoms with van der Waals surface area (Å²) in [7, 11) is 1.78. The van der Waals surface area contributed by atoms with E-state index in [1.54, 1.807) is 7.05 Å². The third kappa shape index (κ3) is 7.00. The fourth-order valence-electron chi connectivity index (χ4n) is 3.61. The van der Waals surface area contributed by atoms with Gasteiger partial charge in [-0.2, -0.15) is 0 Å². The second-order valence-electron chi connectivity index (χ2n) is 7.64. The van der Waals surface area contributed by atoms with Gasteiger partial charge in [0.05, 0.1) is 19.3 Å². The van der Waals surface area contributed by atoms with Gasteiger partial charge in [-0.05, 0) is 44.0 Å². The molecule has 2 aromatic carbocycles. The number of nitrogens with one attached hydrogen (secondary N) is 2. The lowest BCUT2D eigenvalue weighted by Gasteiger charge is -2.20. The van der Waals surface area contributed by atoms with E-state index in [1.165, 1.54) is 5.56 Å². The van der Waals surface area contributed by atoms with E-state index in [0.29, 0.717) is 13.2 Å². The molecule has 1 unspecified atom stereocenters. The zero-order valence-corrected chi connectivity index (χ0v) is 20.0. The minimum atomic E-state index is 0.0474. The van der Waals surface area contributed by atoms with E-state index in [-0.39, 0.29) is 6.04 Å². The first-order valence-corrected chi connectivity index (χ1v) is 11.5. The normalized spacial score (nSPS) is 12.3. The van der Waals surface area contributed by atoms with Crippen molar-refractivity contribution >= 4 is 5.96 Å². The summed E-state index contributed by atoms with van der Waals surface area (Å²) in [6.07, 6.45) is 4.68. The van der Waals surface area contributed by atoms with Crippen molar-refractivity contribution in [2.45, 2.75) is 39.8 Å². The molecule has 1 heterocycles. The van der Waals surface area contributed by atoms with E-state index in [4.69, 9.17) is 9.47 Å². The maximum Gasteiger partial charge on any atom is 0.191 e. The van der Waals surface area contributed by atoms with Gasteiger partial charge in [0, 0.05) is 39.0 Å². The van der Waals surface area contributed by atoms with Gasteiger partial charge in [-0.1, -0.05) is 36.4 Å². The monoisotopic (exact) mass is 449 g/mol. The molecular weight excluding hydrogens is 414 g/mol. The molecule has 1 aromatic heterocycles. The highest BCUT2D eigenvalue weighted by molar-refractivity contribution is 5.80. The summed E-state index contributed by atoms with van der Waals surface area (Å²) < 4.78 is 13.6. The largest absolute Gasteiger partial charge is 0.490 e. The van der Waals surface area contributed by atoms with Crippen LogP contribution in [0, 0.1) is 0 Å². The molecule has 0 saturated heterocycles. The second-order valence-corrected chi connectivity index (χ2v) is 7.64. The van der Waals surface area contributed by atoms with Crippen molar-refractivity contribution in [3.8, 4) is 11.5 Å².